The Hall–Kier alpha value is -2.04. The summed E-state index contributed by atoms with van der Waals surface area (Å²) < 4.78 is 5.14. The Morgan fingerprint density at radius 3 is 2.39 bits per heavy atom. The van der Waals surface area contributed by atoms with Gasteiger partial charge in [0.2, 0.25) is 0 Å². The first-order valence-electron chi connectivity index (χ1n) is 7.40. The second-order valence-electron chi connectivity index (χ2n) is 6.19. The number of carbonyl (C=O) groups is 1. The standard InChI is InChI=1S/C18H21ClN2O2/c1-18(2,3)23-17(22)21-20-12-13-7-9-14(10-8-13)15-5-4-6-16(19)11-15/h4-11,20H,12H2,1-3H3,(H,21,22). The molecule has 1 amide bonds. The third-order valence-corrected chi connectivity index (χ3v) is 3.23. The third-order valence-electron chi connectivity index (χ3n) is 2.99. The minimum absolute atomic E-state index is 0.493. The van der Waals surface area contributed by atoms with Crippen molar-refractivity contribution in [1.82, 2.24) is 10.9 Å². The van der Waals surface area contributed by atoms with Gasteiger partial charge in [-0.2, -0.15) is 0 Å². The first kappa shape index (κ1) is 17.3. The number of carbonyl (C=O) groups excluding carboxylic acids is 1. The summed E-state index contributed by atoms with van der Waals surface area (Å²) in [7, 11) is 0. The number of hydrazine groups is 1. The molecule has 23 heavy (non-hydrogen) atoms. The number of amides is 1. The number of halogens is 1. The fraction of sp³-hybridized carbons (Fsp3) is 0.278. The Morgan fingerprint density at radius 2 is 1.78 bits per heavy atom. The SMILES string of the molecule is CC(C)(C)OC(=O)NNCc1ccc(-c2cccc(Cl)c2)cc1. The van der Waals surface area contributed by atoms with Crippen LogP contribution in [0, 0.1) is 0 Å². The smallest absolute Gasteiger partial charge is 0.422 e. The van der Waals surface area contributed by atoms with Crippen LogP contribution < -0.4 is 10.9 Å². The summed E-state index contributed by atoms with van der Waals surface area (Å²) in [5, 5.41) is 0.717. The maximum atomic E-state index is 11.5. The van der Waals surface area contributed by atoms with Crippen molar-refractivity contribution in [2.75, 3.05) is 0 Å². The first-order chi connectivity index (χ1) is 10.8. The number of nitrogens with one attached hydrogen (secondary N) is 2. The molecule has 0 radical (unpaired) electrons. The van der Waals surface area contributed by atoms with E-state index in [1.54, 1.807) is 0 Å². The van der Waals surface area contributed by atoms with Gasteiger partial charge in [-0.15, -0.1) is 0 Å². The normalized spacial score (nSPS) is 11.1. The largest absolute Gasteiger partial charge is 0.443 e. The quantitative estimate of drug-likeness (QED) is 0.808. The molecular formula is C18H21ClN2O2. The topological polar surface area (TPSA) is 50.4 Å². The lowest BCUT2D eigenvalue weighted by atomic mass is 10.0. The summed E-state index contributed by atoms with van der Waals surface area (Å²) in [6.45, 7) is 5.97. The summed E-state index contributed by atoms with van der Waals surface area (Å²) in [4.78, 5) is 11.5. The fourth-order valence-corrected chi connectivity index (χ4v) is 2.20. The van der Waals surface area contributed by atoms with Crippen LogP contribution in [0.4, 0.5) is 4.79 Å². The van der Waals surface area contributed by atoms with Gasteiger partial charge in [-0.1, -0.05) is 48.0 Å². The van der Waals surface area contributed by atoms with Crippen molar-refractivity contribution in [3.05, 3.63) is 59.1 Å². The van der Waals surface area contributed by atoms with Crippen LogP contribution in [0.25, 0.3) is 11.1 Å². The van der Waals surface area contributed by atoms with Gasteiger partial charge in [0.15, 0.2) is 0 Å². The molecular weight excluding hydrogens is 312 g/mol. The summed E-state index contributed by atoms with van der Waals surface area (Å²) in [5.41, 5.74) is 8.06. The highest BCUT2D eigenvalue weighted by atomic mass is 35.5. The van der Waals surface area contributed by atoms with Gasteiger partial charge < -0.3 is 4.74 Å². The van der Waals surface area contributed by atoms with E-state index in [-0.39, 0.29) is 0 Å². The molecule has 0 aromatic heterocycles. The van der Waals surface area contributed by atoms with Crippen LogP contribution >= 0.6 is 11.6 Å². The van der Waals surface area contributed by atoms with E-state index in [1.807, 2.05) is 69.3 Å². The van der Waals surface area contributed by atoms with Crippen LogP contribution in [0.2, 0.25) is 5.02 Å². The van der Waals surface area contributed by atoms with Crippen LogP contribution in [0.1, 0.15) is 26.3 Å². The molecule has 4 nitrogen and oxygen atoms in total. The molecule has 2 aromatic carbocycles. The molecule has 2 rings (SSSR count). The van der Waals surface area contributed by atoms with E-state index >= 15 is 0 Å². The Labute approximate surface area is 141 Å². The van der Waals surface area contributed by atoms with E-state index in [1.165, 1.54) is 0 Å². The first-order valence-corrected chi connectivity index (χ1v) is 7.78. The zero-order valence-corrected chi connectivity index (χ0v) is 14.3. The van der Waals surface area contributed by atoms with Crippen LogP contribution in [0.3, 0.4) is 0 Å². The van der Waals surface area contributed by atoms with Crippen molar-refractivity contribution in [3.63, 3.8) is 0 Å². The van der Waals surface area contributed by atoms with E-state index in [0.717, 1.165) is 21.7 Å². The fourth-order valence-electron chi connectivity index (χ4n) is 2.01. The van der Waals surface area contributed by atoms with Gasteiger partial charge in [0, 0.05) is 11.6 Å². The van der Waals surface area contributed by atoms with Gasteiger partial charge in [0.05, 0.1) is 0 Å². The molecule has 0 atom stereocenters. The van der Waals surface area contributed by atoms with E-state index < -0.39 is 11.7 Å². The minimum Gasteiger partial charge on any atom is -0.443 e. The number of ether oxygens (including phenoxy) is 1. The maximum Gasteiger partial charge on any atom is 0.422 e. The minimum atomic E-state index is -0.510. The van der Waals surface area contributed by atoms with E-state index in [0.29, 0.717) is 6.54 Å². The van der Waals surface area contributed by atoms with Gasteiger partial charge in [-0.05, 0) is 49.6 Å². The van der Waals surface area contributed by atoms with Crippen molar-refractivity contribution in [3.8, 4) is 11.1 Å². The highest BCUT2D eigenvalue weighted by Crippen LogP contribution is 2.22. The number of benzene rings is 2. The summed E-state index contributed by atoms with van der Waals surface area (Å²) in [5.74, 6) is 0. The highest BCUT2D eigenvalue weighted by molar-refractivity contribution is 6.30. The van der Waals surface area contributed by atoms with Crippen LogP contribution in [0.5, 0.6) is 0 Å². The van der Waals surface area contributed by atoms with Gasteiger partial charge in [0.25, 0.3) is 0 Å². The summed E-state index contributed by atoms with van der Waals surface area (Å²) in [6.07, 6.45) is -0.493. The van der Waals surface area contributed by atoms with Gasteiger partial charge in [0.1, 0.15) is 5.60 Å². The van der Waals surface area contributed by atoms with Crippen molar-refractivity contribution in [1.29, 1.82) is 0 Å². The molecule has 5 heteroatoms. The molecule has 0 saturated heterocycles. The van der Waals surface area contributed by atoms with Crippen LogP contribution in [-0.4, -0.2) is 11.7 Å². The highest BCUT2D eigenvalue weighted by Gasteiger charge is 2.15. The summed E-state index contributed by atoms with van der Waals surface area (Å²) >= 11 is 6.01. The van der Waals surface area contributed by atoms with Crippen molar-refractivity contribution < 1.29 is 9.53 Å². The average Bonchev–Trinajstić information content (AvgIpc) is 2.46. The predicted molar refractivity (Wildman–Crippen MR) is 93.1 cm³/mol. The van der Waals surface area contributed by atoms with Gasteiger partial charge in [-0.3, -0.25) is 5.43 Å². The van der Waals surface area contributed by atoms with E-state index in [4.69, 9.17) is 16.3 Å². The predicted octanol–water partition coefficient (Wildman–Crippen LogP) is 4.54. The molecule has 0 spiro atoms. The van der Waals surface area contributed by atoms with Gasteiger partial charge in [-0.25, -0.2) is 10.2 Å². The number of hydrogen-bond donors (Lipinski definition) is 2. The zero-order chi connectivity index (χ0) is 16.9. The molecule has 0 bridgehead atoms. The van der Waals surface area contributed by atoms with E-state index in [2.05, 4.69) is 10.9 Å². The van der Waals surface area contributed by atoms with Crippen LogP contribution in [0.15, 0.2) is 48.5 Å². The molecule has 0 fully saturated rings. The molecule has 0 heterocycles. The molecule has 0 aliphatic heterocycles. The molecule has 0 saturated carbocycles. The molecule has 0 aliphatic rings. The molecule has 0 unspecified atom stereocenters. The Balaban J connectivity index is 1.87. The lowest BCUT2D eigenvalue weighted by molar-refractivity contribution is 0.0497. The lowest BCUT2D eigenvalue weighted by Gasteiger charge is -2.19. The van der Waals surface area contributed by atoms with Gasteiger partial charge >= 0.3 is 6.09 Å². The zero-order valence-electron chi connectivity index (χ0n) is 13.5. The molecule has 2 aromatic rings. The van der Waals surface area contributed by atoms with E-state index in [9.17, 15) is 4.79 Å². The van der Waals surface area contributed by atoms with Crippen LogP contribution in [-0.2, 0) is 11.3 Å². The molecule has 2 N–H and O–H groups in total. The number of hydrogen-bond acceptors (Lipinski definition) is 3. The Bertz CT molecular complexity index is 663. The summed E-state index contributed by atoms with van der Waals surface area (Å²) in [6, 6.07) is 15.8. The van der Waals surface area contributed by atoms with Crippen molar-refractivity contribution in [2.24, 2.45) is 0 Å². The van der Waals surface area contributed by atoms with Crippen molar-refractivity contribution >= 4 is 17.7 Å². The molecule has 122 valence electrons. The molecule has 0 aliphatic carbocycles. The third kappa shape index (κ3) is 5.93. The number of rotatable bonds is 4. The lowest BCUT2D eigenvalue weighted by Crippen LogP contribution is -2.40. The monoisotopic (exact) mass is 332 g/mol. The van der Waals surface area contributed by atoms with Crippen molar-refractivity contribution in [2.45, 2.75) is 32.9 Å². The second-order valence-corrected chi connectivity index (χ2v) is 6.62. The maximum absolute atomic E-state index is 11.5. The Kier molecular flexibility index (Phi) is 5.64. The average molecular weight is 333 g/mol. The second kappa shape index (κ2) is 7.49. The Morgan fingerprint density at radius 1 is 1.09 bits per heavy atom.